The number of benzene rings is 1. The van der Waals surface area contributed by atoms with Gasteiger partial charge in [0.25, 0.3) is 5.91 Å². The molecule has 1 aliphatic heterocycles. The molecule has 3 heterocycles. The first kappa shape index (κ1) is 25.5. The van der Waals surface area contributed by atoms with Crippen LogP contribution in [0.5, 0.6) is 0 Å². The van der Waals surface area contributed by atoms with Gasteiger partial charge >= 0.3 is 0 Å². The van der Waals surface area contributed by atoms with Crippen molar-refractivity contribution in [3.63, 3.8) is 0 Å². The van der Waals surface area contributed by atoms with Crippen LogP contribution in [-0.2, 0) is 15.3 Å². The number of pyridine rings is 1. The molecule has 1 aliphatic rings. The highest BCUT2D eigenvalue weighted by molar-refractivity contribution is 5.90. The minimum atomic E-state index is -1.60. The standard InChI is InChI=1S/C26H32N6O4/c1-17(2)13-24(35)31-15-21(34)14-26(31,32-12-11-28-30-32)25(36)29-23(16-33)20-8-6-19(7-9-20)22-5-4-10-27-18(22)3/h4-12,17,21,23,33-34H,13-16H2,1-3H3,(H,29,36)/t21?,23-,26?/m0/s1. The first-order valence-corrected chi connectivity index (χ1v) is 12.1. The van der Waals surface area contributed by atoms with Gasteiger partial charge in [0.1, 0.15) is 0 Å². The molecule has 4 rings (SSSR count). The van der Waals surface area contributed by atoms with Gasteiger partial charge in [-0.2, -0.15) is 0 Å². The number of β-amino-alcohol motifs (C(OH)–C–C–N with tert-alkyl or cyclic N) is 1. The predicted octanol–water partition coefficient (Wildman–Crippen LogP) is 1.79. The molecule has 2 amide bonds. The van der Waals surface area contributed by atoms with Gasteiger partial charge in [-0.15, -0.1) is 5.10 Å². The third-order valence-corrected chi connectivity index (χ3v) is 6.53. The summed E-state index contributed by atoms with van der Waals surface area (Å²) in [4.78, 5) is 32.7. The SMILES string of the molecule is Cc1ncccc1-c1ccc([C@H](CO)NC(=O)C2(n3ccnn3)CC(O)CN2C(=O)CC(C)C)cc1. The van der Waals surface area contributed by atoms with Crippen molar-refractivity contribution in [3.05, 3.63) is 66.2 Å². The van der Waals surface area contributed by atoms with Crippen LogP contribution >= 0.6 is 0 Å². The van der Waals surface area contributed by atoms with Crippen molar-refractivity contribution in [2.45, 2.75) is 51.4 Å². The molecule has 36 heavy (non-hydrogen) atoms. The first-order valence-electron chi connectivity index (χ1n) is 12.1. The number of rotatable bonds is 8. The molecule has 1 fully saturated rings. The van der Waals surface area contributed by atoms with E-state index in [9.17, 15) is 19.8 Å². The average Bonchev–Trinajstić information content (AvgIpc) is 3.51. The van der Waals surface area contributed by atoms with Gasteiger partial charge in [-0.3, -0.25) is 14.6 Å². The zero-order valence-electron chi connectivity index (χ0n) is 20.7. The maximum absolute atomic E-state index is 13.9. The molecule has 2 unspecified atom stereocenters. The van der Waals surface area contributed by atoms with Crippen molar-refractivity contribution in [1.29, 1.82) is 0 Å². The van der Waals surface area contributed by atoms with Gasteiger partial charge in [0.05, 0.1) is 24.9 Å². The van der Waals surface area contributed by atoms with Crippen molar-refractivity contribution < 1.29 is 19.8 Å². The molecule has 1 saturated heterocycles. The number of amides is 2. The molecular weight excluding hydrogens is 460 g/mol. The van der Waals surface area contributed by atoms with Crippen molar-refractivity contribution in [1.82, 2.24) is 30.2 Å². The lowest BCUT2D eigenvalue weighted by Crippen LogP contribution is -2.59. The lowest BCUT2D eigenvalue weighted by Gasteiger charge is -2.37. The van der Waals surface area contributed by atoms with Crippen LogP contribution in [0.1, 0.15) is 44.0 Å². The molecule has 3 atom stereocenters. The summed E-state index contributed by atoms with van der Waals surface area (Å²) < 4.78 is 1.32. The Kier molecular flexibility index (Phi) is 7.46. The van der Waals surface area contributed by atoms with Crippen molar-refractivity contribution in [3.8, 4) is 11.1 Å². The van der Waals surface area contributed by atoms with Gasteiger partial charge < -0.3 is 20.4 Å². The fourth-order valence-electron chi connectivity index (χ4n) is 4.77. The van der Waals surface area contributed by atoms with E-state index in [0.29, 0.717) is 5.56 Å². The maximum atomic E-state index is 13.9. The van der Waals surface area contributed by atoms with Crippen LogP contribution in [0.4, 0.5) is 0 Å². The normalized spacial score (nSPS) is 20.5. The number of hydrogen-bond donors (Lipinski definition) is 3. The van der Waals surface area contributed by atoms with E-state index in [1.807, 2.05) is 57.2 Å². The average molecular weight is 493 g/mol. The summed E-state index contributed by atoms with van der Waals surface area (Å²) in [6.45, 7) is 5.42. The van der Waals surface area contributed by atoms with Crippen LogP contribution < -0.4 is 5.32 Å². The summed E-state index contributed by atoms with van der Waals surface area (Å²) >= 11 is 0. The Bertz CT molecular complexity index is 1200. The lowest BCUT2D eigenvalue weighted by atomic mass is 9.98. The molecule has 2 aromatic heterocycles. The van der Waals surface area contributed by atoms with E-state index in [-0.39, 0.29) is 37.8 Å². The Hall–Kier alpha value is -3.63. The summed E-state index contributed by atoms with van der Waals surface area (Å²) in [5.74, 6) is -0.740. The quantitative estimate of drug-likeness (QED) is 0.437. The van der Waals surface area contributed by atoms with Crippen LogP contribution in [0, 0.1) is 12.8 Å². The van der Waals surface area contributed by atoms with Crippen LogP contribution in [-0.4, -0.2) is 66.2 Å². The zero-order chi connectivity index (χ0) is 25.9. The minimum absolute atomic E-state index is 0.00177. The van der Waals surface area contributed by atoms with Crippen LogP contribution in [0.2, 0.25) is 0 Å². The van der Waals surface area contributed by atoms with Gasteiger partial charge in [-0.05, 0) is 30.0 Å². The van der Waals surface area contributed by atoms with Crippen LogP contribution in [0.15, 0.2) is 55.0 Å². The van der Waals surface area contributed by atoms with E-state index in [0.717, 1.165) is 16.8 Å². The monoisotopic (exact) mass is 492 g/mol. The smallest absolute Gasteiger partial charge is 0.269 e. The molecule has 0 bridgehead atoms. The highest BCUT2D eigenvalue weighted by atomic mass is 16.3. The van der Waals surface area contributed by atoms with E-state index >= 15 is 0 Å². The molecule has 10 heteroatoms. The number of nitrogens with zero attached hydrogens (tertiary/aromatic N) is 5. The third-order valence-electron chi connectivity index (χ3n) is 6.53. The number of carbonyl (C=O) groups excluding carboxylic acids is 2. The van der Waals surface area contributed by atoms with Gasteiger partial charge in [-0.1, -0.05) is 49.4 Å². The van der Waals surface area contributed by atoms with Crippen molar-refractivity contribution >= 4 is 11.8 Å². The molecule has 10 nitrogen and oxygen atoms in total. The molecule has 3 N–H and O–H groups in total. The maximum Gasteiger partial charge on any atom is 0.269 e. The molecule has 1 aromatic carbocycles. The molecule has 0 aliphatic carbocycles. The van der Waals surface area contributed by atoms with Gasteiger partial charge in [0, 0.05) is 43.0 Å². The number of aliphatic hydroxyl groups is 2. The highest BCUT2D eigenvalue weighted by Gasteiger charge is 2.55. The number of aliphatic hydroxyl groups excluding tert-OH is 2. The number of likely N-dealkylation sites (tertiary alicyclic amines) is 1. The number of carbonyl (C=O) groups is 2. The van der Waals surface area contributed by atoms with Crippen LogP contribution in [0.25, 0.3) is 11.1 Å². The Labute approximate surface area is 210 Å². The Balaban J connectivity index is 1.63. The molecular formula is C26H32N6O4. The fourth-order valence-corrected chi connectivity index (χ4v) is 4.77. The van der Waals surface area contributed by atoms with E-state index in [1.165, 1.54) is 22.0 Å². The summed E-state index contributed by atoms with van der Waals surface area (Å²) in [5.41, 5.74) is 1.97. The second kappa shape index (κ2) is 10.5. The molecule has 190 valence electrons. The first-order chi connectivity index (χ1) is 17.3. The van der Waals surface area contributed by atoms with Crippen molar-refractivity contribution in [2.24, 2.45) is 5.92 Å². The van der Waals surface area contributed by atoms with Gasteiger partial charge in [0.15, 0.2) is 0 Å². The Morgan fingerprint density at radius 3 is 2.56 bits per heavy atom. The summed E-state index contributed by atoms with van der Waals surface area (Å²) in [7, 11) is 0. The number of aromatic nitrogens is 4. The molecule has 0 radical (unpaired) electrons. The van der Waals surface area contributed by atoms with Crippen LogP contribution in [0.3, 0.4) is 0 Å². The Morgan fingerprint density at radius 2 is 1.94 bits per heavy atom. The minimum Gasteiger partial charge on any atom is -0.394 e. The topological polar surface area (TPSA) is 133 Å². The number of aryl methyl sites for hydroxylation is 1. The van der Waals surface area contributed by atoms with E-state index in [2.05, 4.69) is 20.6 Å². The fraction of sp³-hybridized carbons (Fsp3) is 0.423. The van der Waals surface area contributed by atoms with Gasteiger partial charge in [-0.25, -0.2) is 4.68 Å². The predicted molar refractivity (Wildman–Crippen MR) is 132 cm³/mol. The molecule has 0 spiro atoms. The number of hydrogen-bond acceptors (Lipinski definition) is 7. The Morgan fingerprint density at radius 1 is 1.19 bits per heavy atom. The second-order valence-electron chi connectivity index (χ2n) is 9.59. The molecule has 0 saturated carbocycles. The van der Waals surface area contributed by atoms with E-state index in [4.69, 9.17) is 0 Å². The van der Waals surface area contributed by atoms with E-state index in [1.54, 1.807) is 6.20 Å². The zero-order valence-corrected chi connectivity index (χ0v) is 20.7. The summed E-state index contributed by atoms with van der Waals surface area (Å²) in [5, 5.41) is 31.5. The third kappa shape index (κ3) is 4.87. The van der Waals surface area contributed by atoms with E-state index < -0.39 is 23.7 Å². The lowest BCUT2D eigenvalue weighted by molar-refractivity contribution is -0.153. The summed E-state index contributed by atoms with van der Waals surface area (Å²) in [6.07, 6.45) is 3.94. The highest BCUT2D eigenvalue weighted by Crippen LogP contribution is 2.36. The molecule has 3 aromatic rings. The number of nitrogens with one attached hydrogen (secondary N) is 1. The summed E-state index contributed by atoms with van der Waals surface area (Å²) in [6, 6.07) is 10.6. The second-order valence-corrected chi connectivity index (χ2v) is 9.59. The largest absolute Gasteiger partial charge is 0.394 e. The van der Waals surface area contributed by atoms with Gasteiger partial charge in [0.2, 0.25) is 11.6 Å². The van der Waals surface area contributed by atoms with Crippen molar-refractivity contribution in [2.75, 3.05) is 13.2 Å².